The van der Waals surface area contributed by atoms with E-state index in [1.54, 1.807) is 0 Å². The first-order valence-corrected chi connectivity index (χ1v) is 7.99. The van der Waals surface area contributed by atoms with Crippen LogP contribution in [0, 0.1) is 0 Å². The van der Waals surface area contributed by atoms with Gasteiger partial charge in [-0.2, -0.15) is 0 Å². The first kappa shape index (κ1) is 13.9. The van der Waals surface area contributed by atoms with Crippen LogP contribution in [0.15, 0.2) is 0 Å². The number of piperidine rings is 1. The van der Waals surface area contributed by atoms with Gasteiger partial charge in [0, 0.05) is 6.54 Å². The van der Waals surface area contributed by atoms with Crippen LogP contribution in [0.1, 0.15) is 39.0 Å². The minimum atomic E-state index is -3.00. The molecule has 16 heavy (non-hydrogen) atoms. The first-order chi connectivity index (χ1) is 7.64. The molecule has 0 saturated carbocycles. The van der Waals surface area contributed by atoms with Gasteiger partial charge in [-0.05, 0) is 45.3 Å². The molecule has 0 unspecified atom stereocenters. The Balaban J connectivity index is 2.06. The Morgan fingerprint density at radius 1 is 1.19 bits per heavy atom. The molecule has 1 aliphatic rings. The van der Waals surface area contributed by atoms with Gasteiger partial charge in [-0.25, -0.2) is 13.1 Å². The summed E-state index contributed by atoms with van der Waals surface area (Å²) in [6.45, 7) is 5.85. The predicted molar refractivity (Wildman–Crippen MR) is 67.0 cm³/mol. The standard InChI is InChI=1S/C11H24N2O2S/c1-2-11-16(14,15)12-7-6-10-13-8-4-3-5-9-13/h12H,2-11H2,1H3. The maximum absolute atomic E-state index is 11.4. The topological polar surface area (TPSA) is 49.4 Å². The van der Waals surface area contributed by atoms with Crippen LogP contribution < -0.4 is 4.72 Å². The van der Waals surface area contributed by atoms with Gasteiger partial charge in [0.05, 0.1) is 5.75 Å². The zero-order chi connectivity index (χ0) is 11.9. The second kappa shape index (κ2) is 7.25. The zero-order valence-corrected chi connectivity index (χ0v) is 11.1. The molecule has 1 heterocycles. The first-order valence-electron chi connectivity index (χ1n) is 6.34. The minimum absolute atomic E-state index is 0.247. The molecule has 0 atom stereocenters. The molecule has 96 valence electrons. The van der Waals surface area contributed by atoms with E-state index in [1.807, 2.05) is 6.92 Å². The Morgan fingerprint density at radius 2 is 1.88 bits per heavy atom. The molecular formula is C11H24N2O2S. The second-order valence-electron chi connectivity index (χ2n) is 4.47. The minimum Gasteiger partial charge on any atom is -0.303 e. The number of nitrogens with one attached hydrogen (secondary N) is 1. The fourth-order valence-corrected chi connectivity index (χ4v) is 3.19. The van der Waals surface area contributed by atoms with Gasteiger partial charge in [-0.15, -0.1) is 0 Å². The summed E-state index contributed by atoms with van der Waals surface area (Å²) >= 11 is 0. The third-order valence-electron chi connectivity index (χ3n) is 2.89. The highest BCUT2D eigenvalue weighted by molar-refractivity contribution is 7.89. The van der Waals surface area contributed by atoms with Crippen molar-refractivity contribution >= 4 is 10.0 Å². The van der Waals surface area contributed by atoms with Gasteiger partial charge >= 0.3 is 0 Å². The normalized spacial score (nSPS) is 18.8. The van der Waals surface area contributed by atoms with Crippen LogP contribution in [0.5, 0.6) is 0 Å². The number of hydrogen-bond acceptors (Lipinski definition) is 3. The average molecular weight is 248 g/mol. The van der Waals surface area contributed by atoms with Crippen LogP contribution in [0.25, 0.3) is 0 Å². The van der Waals surface area contributed by atoms with E-state index in [9.17, 15) is 8.42 Å². The van der Waals surface area contributed by atoms with Gasteiger partial charge in [0.1, 0.15) is 0 Å². The van der Waals surface area contributed by atoms with Crippen LogP contribution >= 0.6 is 0 Å². The highest BCUT2D eigenvalue weighted by Crippen LogP contribution is 2.08. The predicted octanol–water partition coefficient (Wildman–Crippen LogP) is 1.19. The van der Waals surface area contributed by atoms with Crippen molar-refractivity contribution in [2.45, 2.75) is 39.0 Å². The zero-order valence-electron chi connectivity index (χ0n) is 10.2. The lowest BCUT2D eigenvalue weighted by Gasteiger charge is -2.26. The van der Waals surface area contributed by atoms with Crippen molar-refractivity contribution in [3.63, 3.8) is 0 Å². The molecule has 5 heteroatoms. The van der Waals surface area contributed by atoms with Crippen LogP contribution in [-0.4, -0.2) is 45.2 Å². The largest absolute Gasteiger partial charge is 0.303 e. The molecule has 0 radical (unpaired) electrons. The molecule has 4 nitrogen and oxygen atoms in total. The number of sulfonamides is 1. The second-order valence-corrected chi connectivity index (χ2v) is 6.40. The van der Waals surface area contributed by atoms with Crippen LogP contribution in [0.2, 0.25) is 0 Å². The van der Waals surface area contributed by atoms with E-state index >= 15 is 0 Å². The summed E-state index contributed by atoms with van der Waals surface area (Å²) in [5.41, 5.74) is 0. The monoisotopic (exact) mass is 248 g/mol. The van der Waals surface area contributed by atoms with Gasteiger partial charge in [0.25, 0.3) is 0 Å². The van der Waals surface area contributed by atoms with Crippen molar-refractivity contribution in [2.75, 3.05) is 31.9 Å². The number of rotatable bonds is 7. The molecule has 0 aromatic heterocycles. The lowest BCUT2D eigenvalue weighted by molar-refractivity contribution is 0.227. The molecular weight excluding hydrogens is 224 g/mol. The van der Waals surface area contributed by atoms with Crippen molar-refractivity contribution < 1.29 is 8.42 Å². The van der Waals surface area contributed by atoms with Crippen molar-refractivity contribution in [1.29, 1.82) is 0 Å². The summed E-state index contributed by atoms with van der Waals surface area (Å²) in [6, 6.07) is 0. The molecule has 1 N–H and O–H groups in total. The molecule has 0 amide bonds. The summed E-state index contributed by atoms with van der Waals surface area (Å²) in [5, 5.41) is 0. The highest BCUT2D eigenvalue weighted by Gasteiger charge is 2.10. The van der Waals surface area contributed by atoms with E-state index < -0.39 is 10.0 Å². The van der Waals surface area contributed by atoms with E-state index in [-0.39, 0.29) is 5.75 Å². The quantitative estimate of drug-likeness (QED) is 0.689. The fraction of sp³-hybridized carbons (Fsp3) is 1.00. The smallest absolute Gasteiger partial charge is 0.211 e. The Bertz CT molecular complexity index is 272. The van der Waals surface area contributed by atoms with E-state index in [4.69, 9.17) is 0 Å². The van der Waals surface area contributed by atoms with Crippen molar-refractivity contribution in [3.8, 4) is 0 Å². The lowest BCUT2D eigenvalue weighted by atomic mass is 10.1. The van der Waals surface area contributed by atoms with E-state index in [2.05, 4.69) is 9.62 Å². The van der Waals surface area contributed by atoms with Crippen molar-refractivity contribution in [3.05, 3.63) is 0 Å². The maximum Gasteiger partial charge on any atom is 0.211 e. The van der Waals surface area contributed by atoms with Crippen LogP contribution in [-0.2, 0) is 10.0 Å². The summed E-state index contributed by atoms with van der Waals surface area (Å²) in [4.78, 5) is 2.43. The van der Waals surface area contributed by atoms with Gasteiger partial charge in [-0.3, -0.25) is 0 Å². The summed E-state index contributed by atoms with van der Waals surface area (Å²) in [5.74, 6) is 0.247. The Hall–Kier alpha value is -0.130. The Kier molecular flexibility index (Phi) is 6.31. The third kappa shape index (κ3) is 5.82. The van der Waals surface area contributed by atoms with E-state index in [0.29, 0.717) is 13.0 Å². The van der Waals surface area contributed by atoms with Crippen molar-refractivity contribution in [2.24, 2.45) is 0 Å². The summed E-state index contributed by atoms with van der Waals surface area (Å²) in [7, 11) is -3.00. The Labute approximate surface area is 99.5 Å². The molecule has 0 aromatic carbocycles. The number of likely N-dealkylation sites (tertiary alicyclic amines) is 1. The maximum atomic E-state index is 11.4. The third-order valence-corrected chi connectivity index (χ3v) is 4.48. The molecule has 0 spiro atoms. The SMILES string of the molecule is CCCS(=O)(=O)NCCCN1CCCCC1. The Morgan fingerprint density at radius 3 is 2.50 bits per heavy atom. The molecule has 1 fully saturated rings. The molecule has 1 rings (SSSR count). The van der Waals surface area contributed by atoms with Gasteiger partial charge in [0.2, 0.25) is 10.0 Å². The fourth-order valence-electron chi connectivity index (χ4n) is 2.05. The average Bonchev–Trinajstić information content (AvgIpc) is 2.26. The van der Waals surface area contributed by atoms with E-state index in [0.717, 1.165) is 13.0 Å². The molecule has 1 saturated heterocycles. The molecule has 0 bridgehead atoms. The highest BCUT2D eigenvalue weighted by atomic mass is 32.2. The molecule has 1 aliphatic heterocycles. The van der Waals surface area contributed by atoms with Gasteiger partial charge < -0.3 is 4.90 Å². The summed E-state index contributed by atoms with van der Waals surface area (Å²) < 4.78 is 25.4. The lowest BCUT2D eigenvalue weighted by Crippen LogP contribution is -2.33. The van der Waals surface area contributed by atoms with Crippen LogP contribution in [0.3, 0.4) is 0 Å². The van der Waals surface area contributed by atoms with Gasteiger partial charge in [-0.1, -0.05) is 13.3 Å². The number of nitrogens with zero attached hydrogens (tertiary/aromatic N) is 1. The van der Waals surface area contributed by atoms with Crippen LogP contribution in [0.4, 0.5) is 0 Å². The summed E-state index contributed by atoms with van der Waals surface area (Å²) in [6.07, 6.45) is 5.53. The molecule has 0 aliphatic carbocycles. The molecule has 0 aromatic rings. The van der Waals surface area contributed by atoms with Gasteiger partial charge in [0.15, 0.2) is 0 Å². The number of hydrogen-bond donors (Lipinski definition) is 1. The van der Waals surface area contributed by atoms with Crippen molar-refractivity contribution in [1.82, 2.24) is 9.62 Å². The van der Waals surface area contributed by atoms with E-state index in [1.165, 1.54) is 32.4 Å².